The van der Waals surface area contributed by atoms with Gasteiger partial charge in [0.05, 0.1) is 13.2 Å². The van der Waals surface area contributed by atoms with E-state index in [1.165, 1.54) is 0 Å². The first-order valence-corrected chi connectivity index (χ1v) is 7.52. The second kappa shape index (κ2) is 5.82. The molecule has 5 heteroatoms. The van der Waals surface area contributed by atoms with Crippen molar-refractivity contribution in [2.75, 3.05) is 34.0 Å². The Hall–Kier alpha value is 0.0569. The first-order chi connectivity index (χ1) is 6.70. The quantitative estimate of drug-likeness (QED) is 0.349. The molecular formula is C9H20O4Si. The second-order valence-corrected chi connectivity index (χ2v) is 7.26. The van der Waals surface area contributed by atoms with Crippen LogP contribution in [0, 0.1) is 0 Å². The third kappa shape index (κ3) is 4.52. The average molecular weight is 220 g/mol. The van der Waals surface area contributed by atoms with E-state index in [4.69, 9.17) is 18.3 Å². The van der Waals surface area contributed by atoms with Crippen LogP contribution in [0.3, 0.4) is 0 Å². The van der Waals surface area contributed by atoms with Crippen molar-refractivity contribution in [1.29, 1.82) is 0 Å². The summed E-state index contributed by atoms with van der Waals surface area (Å²) in [7, 11) is 1.56. The van der Waals surface area contributed by atoms with Gasteiger partial charge in [-0.1, -0.05) is 0 Å². The Morgan fingerprint density at radius 3 is 2.50 bits per heavy atom. The third-order valence-corrected chi connectivity index (χ3v) is 5.48. The lowest BCUT2D eigenvalue weighted by Gasteiger charge is -2.22. The Bertz CT molecular complexity index is 157. The summed E-state index contributed by atoms with van der Waals surface area (Å²) in [5, 5.41) is 0. The molecule has 1 rings (SSSR count). The molecule has 0 spiro atoms. The van der Waals surface area contributed by atoms with Crippen molar-refractivity contribution >= 4 is 8.56 Å². The van der Waals surface area contributed by atoms with Gasteiger partial charge in [0, 0.05) is 20.8 Å². The van der Waals surface area contributed by atoms with Crippen LogP contribution in [0.25, 0.3) is 0 Å². The summed E-state index contributed by atoms with van der Waals surface area (Å²) in [6.07, 6.45) is 1.36. The summed E-state index contributed by atoms with van der Waals surface area (Å²) in [6.45, 7) is 4.44. The van der Waals surface area contributed by atoms with E-state index in [-0.39, 0.29) is 0 Å². The number of rotatable bonds is 8. The molecule has 0 radical (unpaired) electrons. The lowest BCUT2D eigenvalue weighted by molar-refractivity contribution is 0.114. The first-order valence-electron chi connectivity index (χ1n) is 5.00. The number of hydrogen-bond acceptors (Lipinski definition) is 4. The Morgan fingerprint density at radius 1 is 1.36 bits per heavy atom. The minimum Gasteiger partial charge on any atom is -0.398 e. The van der Waals surface area contributed by atoms with Crippen molar-refractivity contribution < 1.29 is 18.3 Å². The lowest BCUT2D eigenvalue weighted by atomic mass is 10.5. The van der Waals surface area contributed by atoms with Gasteiger partial charge < -0.3 is 18.3 Å². The normalized spacial score (nSPS) is 21.2. The van der Waals surface area contributed by atoms with Crippen molar-refractivity contribution in [2.45, 2.75) is 25.1 Å². The molecule has 1 saturated heterocycles. The van der Waals surface area contributed by atoms with E-state index in [0.717, 1.165) is 32.3 Å². The van der Waals surface area contributed by atoms with Gasteiger partial charge >= 0.3 is 8.56 Å². The van der Waals surface area contributed by atoms with Crippen LogP contribution >= 0.6 is 0 Å². The van der Waals surface area contributed by atoms with Crippen LogP contribution < -0.4 is 0 Å². The van der Waals surface area contributed by atoms with Crippen molar-refractivity contribution in [3.63, 3.8) is 0 Å². The van der Waals surface area contributed by atoms with E-state index in [1.807, 2.05) is 0 Å². The molecule has 1 aliphatic rings. The zero-order valence-electron chi connectivity index (χ0n) is 9.25. The maximum absolute atomic E-state index is 5.43. The van der Waals surface area contributed by atoms with Gasteiger partial charge in [-0.2, -0.15) is 0 Å². The van der Waals surface area contributed by atoms with Gasteiger partial charge in [0.2, 0.25) is 0 Å². The smallest absolute Gasteiger partial charge is 0.334 e. The van der Waals surface area contributed by atoms with Crippen LogP contribution in [0.15, 0.2) is 0 Å². The molecular weight excluding hydrogens is 200 g/mol. The Morgan fingerprint density at radius 2 is 2.00 bits per heavy atom. The molecule has 4 nitrogen and oxygen atoms in total. The number of hydrogen-bond donors (Lipinski definition) is 0. The molecule has 1 atom stereocenters. The molecule has 0 N–H and O–H groups in total. The maximum Gasteiger partial charge on any atom is 0.334 e. The third-order valence-electron chi connectivity index (χ3n) is 2.49. The van der Waals surface area contributed by atoms with E-state index in [9.17, 15) is 0 Å². The molecule has 0 saturated carbocycles. The summed E-state index contributed by atoms with van der Waals surface area (Å²) in [6, 6.07) is 0.978. The van der Waals surface area contributed by atoms with E-state index in [2.05, 4.69) is 6.55 Å². The van der Waals surface area contributed by atoms with Gasteiger partial charge in [-0.3, -0.25) is 0 Å². The van der Waals surface area contributed by atoms with Crippen LogP contribution in [0.4, 0.5) is 0 Å². The van der Waals surface area contributed by atoms with Gasteiger partial charge in [-0.25, -0.2) is 0 Å². The minimum atomic E-state index is -1.87. The monoisotopic (exact) mass is 220 g/mol. The molecule has 0 aromatic heterocycles. The second-order valence-electron chi connectivity index (χ2n) is 3.68. The predicted molar refractivity (Wildman–Crippen MR) is 55.6 cm³/mol. The lowest BCUT2D eigenvalue weighted by Crippen LogP contribution is -2.36. The van der Waals surface area contributed by atoms with Gasteiger partial charge in [0.15, 0.2) is 0 Å². The Labute approximate surface area is 86.7 Å². The highest BCUT2D eigenvalue weighted by molar-refractivity contribution is 6.65. The Kier molecular flexibility index (Phi) is 5.04. The fourth-order valence-corrected chi connectivity index (χ4v) is 2.52. The van der Waals surface area contributed by atoms with Crippen LogP contribution in [0.1, 0.15) is 6.42 Å². The molecule has 0 aromatic carbocycles. The van der Waals surface area contributed by atoms with Gasteiger partial charge in [0.1, 0.15) is 6.10 Å². The molecule has 0 bridgehead atoms. The fraction of sp³-hybridized carbons (Fsp3) is 1.00. The molecule has 0 aromatic rings. The van der Waals surface area contributed by atoms with Crippen LogP contribution in [0.2, 0.25) is 12.6 Å². The molecule has 1 aliphatic heterocycles. The van der Waals surface area contributed by atoms with E-state index < -0.39 is 8.56 Å². The van der Waals surface area contributed by atoms with Gasteiger partial charge in [-0.05, 0) is 19.0 Å². The van der Waals surface area contributed by atoms with E-state index in [0.29, 0.717) is 6.10 Å². The molecule has 84 valence electrons. The van der Waals surface area contributed by atoms with Crippen molar-refractivity contribution in [3.8, 4) is 0 Å². The van der Waals surface area contributed by atoms with E-state index >= 15 is 0 Å². The highest BCUT2D eigenvalue weighted by atomic mass is 28.4. The molecule has 0 aliphatic carbocycles. The number of epoxide rings is 1. The Balaban J connectivity index is 1.95. The molecule has 14 heavy (non-hydrogen) atoms. The van der Waals surface area contributed by atoms with Crippen LogP contribution in [-0.4, -0.2) is 48.7 Å². The summed E-state index contributed by atoms with van der Waals surface area (Å²) in [5.74, 6) is 0. The number of ether oxygens (including phenoxy) is 2. The SMILES string of the molecule is CO[Si](C)(CCCOCC1CO1)OC. The van der Waals surface area contributed by atoms with Crippen LogP contribution in [-0.2, 0) is 18.3 Å². The van der Waals surface area contributed by atoms with Crippen molar-refractivity contribution in [3.05, 3.63) is 0 Å². The van der Waals surface area contributed by atoms with Crippen molar-refractivity contribution in [2.24, 2.45) is 0 Å². The fourth-order valence-electron chi connectivity index (χ4n) is 1.16. The van der Waals surface area contributed by atoms with Crippen molar-refractivity contribution in [1.82, 2.24) is 0 Å². The summed E-state index contributed by atoms with van der Waals surface area (Å²) >= 11 is 0. The first kappa shape index (κ1) is 12.1. The largest absolute Gasteiger partial charge is 0.398 e. The highest BCUT2D eigenvalue weighted by Gasteiger charge is 2.28. The summed E-state index contributed by atoms with van der Waals surface area (Å²) < 4.78 is 21.2. The van der Waals surface area contributed by atoms with Gasteiger partial charge in [0.25, 0.3) is 0 Å². The van der Waals surface area contributed by atoms with E-state index in [1.54, 1.807) is 14.2 Å². The zero-order valence-corrected chi connectivity index (χ0v) is 10.2. The molecule has 1 heterocycles. The molecule has 1 unspecified atom stereocenters. The average Bonchev–Trinajstić information content (AvgIpc) is 3.01. The predicted octanol–water partition coefficient (Wildman–Crippen LogP) is 1.16. The highest BCUT2D eigenvalue weighted by Crippen LogP contribution is 2.14. The van der Waals surface area contributed by atoms with Crippen LogP contribution in [0.5, 0.6) is 0 Å². The minimum absolute atomic E-state index is 0.364. The molecule has 1 fully saturated rings. The topological polar surface area (TPSA) is 40.2 Å². The summed E-state index contributed by atoms with van der Waals surface area (Å²) in [5.41, 5.74) is 0. The maximum atomic E-state index is 5.43. The standard InChI is InChI=1S/C9H20O4Si/c1-10-14(3,11-2)6-4-5-12-7-9-8-13-9/h9H,4-8H2,1-3H3. The summed E-state index contributed by atoms with van der Waals surface area (Å²) in [4.78, 5) is 0. The molecule has 0 amide bonds. The van der Waals surface area contributed by atoms with Gasteiger partial charge in [-0.15, -0.1) is 0 Å². The zero-order chi connectivity index (χ0) is 10.4.